The summed E-state index contributed by atoms with van der Waals surface area (Å²) in [5, 5.41) is 13.7. The normalized spacial score (nSPS) is 10.1. The van der Waals surface area contributed by atoms with Gasteiger partial charge in [-0.2, -0.15) is 10.2 Å². The van der Waals surface area contributed by atoms with E-state index in [0.29, 0.717) is 23.4 Å². The number of nitrogens with zero attached hydrogens (tertiary/aromatic N) is 3. The maximum atomic E-state index is 11.8. The number of carbonyl (C=O) groups excluding carboxylic acids is 1. The zero-order valence-electron chi connectivity index (χ0n) is 8.67. The minimum Gasteiger partial charge on any atom is -0.364 e. The van der Waals surface area contributed by atoms with Gasteiger partial charge < -0.3 is 9.84 Å². The first-order chi connectivity index (χ1) is 7.81. The van der Waals surface area contributed by atoms with Gasteiger partial charge in [-0.25, -0.2) is 0 Å². The first-order valence-corrected chi connectivity index (χ1v) is 4.82. The molecule has 0 aliphatic heterocycles. The van der Waals surface area contributed by atoms with Crippen LogP contribution >= 0.6 is 0 Å². The smallest absolute Gasteiger partial charge is 0.260 e. The molecular weight excluding hydrogens is 208 g/mol. The van der Waals surface area contributed by atoms with Crippen molar-refractivity contribution in [2.24, 2.45) is 0 Å². The molecule has 1 amide bonds. The molecule has 0 aromatic carbocycles. The number of rotatable bonds is 3. The maximum absolute atomic E-state index is 11.8. The number of aromatic nitrogens is 3. The van der Waals surface area contributed by atoms with Gasteiger partial charge in [0.25, 0.3) is 5.91 Å². The summed E-state index contributed by atoms with van der Waals surface area (Å²) in [6.45, 7) is 1.91. The van der Waals surface area contributed by atoms with Gasteiger partial charge in [-0.05, 0) is 12.5 Å². The Morgan fingerprint density at radius 2 is 2.38 bits per heavy atom. The number of aryl methyl sites for hydroxylation is 1. The Hall–Kier alpha value is -2.24. The van der Waals surface area contributed by atoms with Crippen LogP contribution < -0.4 is 5.32 Å². The van der Waals surface area contributed by atoms with Crippen molar-refractivity contribution in [2.45, 2.75) is 13.3 Å². The van der Waals surface area contributed by atoms with E-state index in [-0.39, 0.29) is 5.91 Å². The predicted molar refractivity (Wildman–Crippen MR) is 55.9 cm³/mol. The van der Waals surface area contributed by atoms with Crippen LogP contribution in [0.5, 0.6) is 0 Å². The van der Waals surface area contributed by atoms with Gasteiger partial charge in [0.2, 0.25) is 0 Å². The Morgan fingerprint density at radius 1 is 1.50 bits per heavy atom. The Morgan fingerprint density at radius 3 is 3.06 bits per heavy atom. The lowest BCUT2D eigenvalue weighted by atomic mass is 10.2. The molecule has 6 nitrogen and oxygen atoms in total. The highest BCUT2D eigenvalue weighted by Gasteiger charge is 2.14. The van der Waals surface area contributed by atoms with Crippen molar-refractivity contribution in [3.63, 3.8) is 0 Å². The third-order valence-electron chi connectivity index (χ3n) is 2.07. The van der Waals surface area contributed by atoms with Crippen LogP contribution in [0.4, 0.5) is 5.69 Å². The Bertz CT molecular complexity index is 481. The zero-order valence-corrected chi connectivity index (χ0v) is 8.67. The topological polar surface area (TPSA) is 80.9 Å². The average molecular weight is 218 g/mol. The van der Waals surface area contributed by atoms with Crippen molar-refractivity contribution in [1.29, 1.82) is 0 Å². The molecule has 0 atom stereocenters. The molecule has 0 saturated carbocycles. The third-order valence-corrected chi connectivity index (χ3v) is 2.07. The van der Waals surface area contributed by atoms with Gasteiger partial charge in [0.05, 0.1) is 23.8 Å². The largest absolute Gasteiger partial charge is 0.364 e. The van der Waals surface area contributed by atoms with Crippen LogP contribution in [0.2, 0.25) is 0 Å². The monoisotopic (exact) mass is 218 g/mol. The first-order valence-electron chi connectivity index (χ1n) is 4.82. The third kappa shape index (κ3) is 2.05. The lowest BCUT2D eigenvalue weighted by molar-refractivity contribution is 0.102. The van der Waals surface area contributed by atoms with Crippen LogP contribution in [0.1, 0.15) is 23.0 Å². The van der Waals surface area contributed by atoms with E-state index in [0.717, 1.165) is 0 Å². The lowest BCUT2D eigenvalue weighted by Gasteiger charge is -2.02. The second-order valence-electron chi connectivity index (χ2n) is 3.11. The molecule has 2 heterocycles. The van der Waals surface area contributed by atoms with Crippen LogP contribution in [-0.2, 0) is 6.42 Å². The molecule has 0 fully saturated rings. The SMILES string of the molecule is CCc1nocc1C(=O)Nc1ccnnc1. The molecule has 0 radical (unpaired) electrons. The van der Waals surface area contributed by atoms with Crippen LogP contribution in [0.25, 0.3) is 0 Å². The Balaban J connectivity index is 2.15. The number of hydrogen-bond acceptors (Lipinski definition) is 5. The van der Waals surface area contributed by atoms with E-state index in [1.54, 1.807) is 6.07 Å². The van der Waals surface area contributed by atoms with Gasteiger partial charge in [-0.1, -0.05) is 12.1 Å². The summed E-state index contributed by atoms with van der Waals surface area (Å²) < 4.78 is 4.76. The molecular formula is C10H10N4O2. The van der Waals surface area contributed by atoms with Crippen molar-refractivity contribution in [1.82, 2.24) is 15.4 Å². The van der Waals surface area contributed by atoms with E-state index in [9.17, 15) is 4.79 Å². The van der Waals surface area contributed by atoms with Crippen molar-refractivity contribution < 1.29 is 9.32 Å². The number of hydrogen-bond donors (Lipinski definition) is 1. The van der Waals surface area contributed by atoms with Gasteiger partial charge >= 0.3 is 0 Å². The Kier molecular flexibility index (Phi) is 2.90. The molecule has 0 saturated heterocycles. The minimum atomic E-state index is -0.258. The molecule has 16 heavy (non-hydrogen) atoms. The molecule has 2 aromatic heterocycles. The van der Waals surface area contributed by atoms with Crippen LogP contribution in [0, 0.1) is 0 Å². The summed E-state index contributed by atoms with van der Waals surface area (Å²) in [4.78, 5) is 11.8. The number of anilines is 1. The summed E-state index contributed by atoms with van der Waals surface area (Å²) in [6, 6.07) is 1.66. The van der Waals surface area contributed by atoms with Crippen molar-refractivity contribution in [3.05, 3.63) is 36.0 Å². The maximum Gasteiger partial charge on any atom is 0.260 e. The standard InChI is InChI=1S/C10H10N4O2/c1-2-9-8(6-16-14-9)10(15)13-7-3-4-11-12-5-7/h3-6H,2H2,1H3,(H,11,13,15). The van der Waals surface area contributed by atoms with Crippen LogP contribution in [-0.4, -0.2) is 21.3 Å². The molecule has 0 bridgehead atoms. The summed E-state index contributed by atoms with van der Waals surface area (Å²) in [6.07, 6.45) is 4.96. The fourth-order valence-corrected chi connectivity index (χ4v) is 1.26. The van der Waals surface area contributed by atoms with Gasteiger partial charge in [0, 0.05) is 0 Å². The quantitative estimate of drug-likeness (QED) is 0.839. The second kappa shape index (κ2) is 4.52. The predicted octanol–water partition coefficient (Wildman–Crippen LogP) is 1.28. The summed E-state index contributed by atoms with van der Waals surface area (Å²) in [5.41, 5.74) is 1.67. The first kappa shape index (κ1) is 10.3. The average Bonchev–Trinajstić information content (AvgIpc) is 2.78. The van der Waals surface area contributed by atoms with E-state index in [2.05, 4.69) is 20.7 Å². The van der Waals surface area contributed by atoms with E-state index in [1.807, 2.05) is 6.92 Å². The van der Waals surface area contributed by atoms with Gasteiger partial charge in [-0.15, -0.1) is 0 Å². The van der Waals surface area contributed by atoms with Crippen molar-refractivity contribution in [2.75, 3.05) is 5.32 Å². The number of carbonyl (C=O) groups is 1. The minimum absolute atomic E-state index is 0.258. The molecule has 0 unspecified atom stereocenters. The molecule has 0 spiro atoms. The zero-order chi connectivity index (χ0) is 11.4. The molecule has 0 aliphatic rings. The van der Waals surface area contributed by atoms with Crippen LogP contribution in [0.3, 0.4) is 0 Å². The second-order valence-corrected chi connectivity index (χ2v) is 3.11. The highest BCUT2D eigenvalue weighted by molar-refractivity contribution is 6.04. The Labute approximate surface area is 91.7 Å². The van der Waals surface area contributed by atoms with E-state index in [1.165, 1.54) is 18.7 Å². The van der Waals surface area contributed by atoms with Gasteiger partial charge in [0.1, 0.15) is 11.8 Å². The summed E-state index contributed by atoms with van der Waals surface area (Å²) in [5.74, 6) is -0.258. The fourth-order valence-electron chi connectivity index (χ4n) is 1.26. The molecule has 82 valence electrons. The number of nitrogens with one attached hydrogen (secondary N) is 1. The van der Waals surface area contributed by atoms with E-state index < -0.39 is 0 Å². The van der Waals surface area contributed by atoms with Gasteiger partial charge in [0.15, 0.2) is 0 Å². The highest BCUT2D eigenvalue weighted by atomic mass is 16.5. The molecule has 1 N–H and O–H groups in total. The van der Waals surface area contributed by atoms with E-state index >= 15 is 0 Å². The van der Waals surface area contributed by atoms with Crippen LogP contribution in [0.15, 0.2) is 29.2 Å². The summed E-state index contributed by atoms with van der Waals surface area (Å²) in [7, 11) is 0. The molecule has 6 heteroatoms. The van der Waals surface area contributed by atoms with Crippen molar-refractivity contribution in [3.8, 4) is 0 Å². The van der Waals surface area contributed by atoms with Gasteiger partial charge in [-0.3, -0.25) is 4.79 Å². The summed E-state index contributed by atoms with van der Waals surface area (Å²) >= 11 is 0. The molecule has 2 aromatic rings. The molecule has 2 rings (SSSR count). The number of amides is 1. The fraction of sp³-hybridized carbons (Fsp3) is 0.200. The van der Waals surface area contributed by atoms with E-state index in [4.69, 9.17) is 4.52 Å². The highest BCUT2D eigenvalue weighted by Crippen LogP contribution is 2.10. The lowest BCUT2D eigenvalue weighted by Crippen LogP contribution is -2.13. The molecule has 0 aliphatic carbocycles. The van der Waals surface area contributed by atoms with Crippen molar-refractivity contribution >= 4 is 11.6 Å².